The number of hydrogen-bond donors (Lipinski definition) is 3. The van der Waals surface area contributed by atoms with Crippen molar-refractivity contribution in [2.24, 2.45) is 0 Å². The van der Waals surface area contributed by atoms with E-state index in [1.165, 1.54) is 6.07 Å². The molecular weight excluding hydrogens is 304 g/mol. The summed E-state index contributed by atoms with van der Waals surface area (Å²) in [6, 6.07) is 4.31. The number of hydrogen-bond acceptors (Lipinski definition) is 6. The Morgan fingerprint density at radius 3 is 2.57 bits per heavy atom. The molecule has 0 unspecified atom stereocenters. The molecule has 0 aliphatic rings. The van der Waals surface area contributed by atoms with E-state index in [0.29, 0.717) is 0 Å². The number of sulfonamides is 1. The van der Waals surface area contributed by atoms with Gasteiger partial charge in [-0.3, -0.25) is 24.6 Å². The summed E-state index contributed by atoms with van der Waals surface area (Å²) in [5, 5.41) is 10.6. The molecule has 21 heavy (non-hydrogen) atoms. The molecule has 1 aromatic carbocycles. The van der Waals surface area contributed by atoms with Crippen LogP contribution in [0.5, 0.6) is 0 Å². The van der Waals surface area contributed by atoms with Gasteiger partial charge in [0.2, 0.25) is 0 Å². The third kappa shape index (κ3) is 3.14. The van der Waals surface area contributed by atoms with Crippen molar-refractivity contribution in [3.8, 4) is 0 Å². The lowest BCUT2D eigenvalue weighted by Crippen LogP contribution is -2.26. The number of non-ortho nitro benzene ring substituents is 1. The summed E-state index contributed by atoms with van der Waals surface area (Å²) >= 11 is 0. The second kappa shape index (κ2) is 5.20. The molecule has 0 spiro atoms. The van der Waals surface area contributed by atoms with Crippen molar-refractivity contribution < 1.29 is 13.3 Å². The molecule has 0 fully saturated rings. The van der Waals surface area contributed by atoms with Crippen molar-refractivity contribution in [3.05, 3.63) is 61.4 Å². The quantitative estimate of drug-likeness (QED) is 0.523. The molecule has 10 nitrogen and oxygen atoms in total. The number of rotatable bonds is 4. The second-order valence-electron chi connectivity index (χ2n) is 3.85. The fraction of sp³-hybridized carbons (Fsp3) is 0. The van der Waals surface area contributed by atoms with Gasteiger partial charge < -0.3 is 4.98 Å². The lowest BCUT2D eigenvalue weighted by Gasteiger charge is -2.06. The van der Waals surface area contributed by atoms with Crippen LogP contribution < -0.4 is 16.0 Å². The molecule has 110 valence electrons. The Balaban J connectivity index is 2.43. The van der Waals surface area contributed by atoms with Crippen molar-refractivity contribution in [1.29, 1.82) is 0 Å². The Bertz CT molecular complexity index is 913. The van der Waals surface area contributed by atoms with Crippen molar-refractivity contribution in [3.63, 3.8) is 0 Å². The van der Waals surface area contributed by atoms with Crippen LogP contribution in [-0.2, 0) is 10.0 Å². The Labute approximate surface area is 116 Å². The number of aromatic nitrogens is 2. The van der Waals surface area contributed by atoms with Crippen LogP contribution in [-0.4, -0.2) is 23.3 Å². The van der Waals surface area contributed by atoms with Gasteiger partial charge in [-0.05, 0) is 6.07 Å². The molecule has 2 aromatic rings. The molecule has 3 N–H and O–H groups in total. The Hall–Kier alpha value is -2.95. The van der Waals surface area contributed by atoms with Crippen LogP contribution in [0, 0.1) is 10.1 Å². The highest BCUT2D eigenvalue weighted by atomic mass is 32.2. The number of nitro groups is 1. The van der Waals surface area contributed by atoms with Gasteiger partial charge in [-0.15, -0.1) is 0 Å². The molecule has 1 aromatic heterocycles. The third-order valence-electron chi connectivity index (χ3n) is 2.40. The number of benzene rings is 1. The van der Waals surface area contributed by atoms with Gasteiger partial charge in [-0.2, -0.15) is 0 Å². The fourth-order valence-corrected chi connectivity index (χ4v) is 2.55. The second-order valence-corrected chi connectivity index (χ2v) is 5.53. The first-order chi connectivity index (χ1) is 9.79. The van der Waals surface area contributed by atoms with Gasteiger partial charge in [0, 0.05) is 18.3 Å². The van der Waals surface area contributed by atoms with E-state index in [9.17, 15) is 28.1 Å². The largest absolute Gasteiger partial charge is 0.325 e. The highest BCUT2D eigenvalue weighted by Crippen LogP contribution is 2.18. The Kier molecular flexibility index (Phi) is 3.58. The van der Waals surface area contributed by atoms with Gasteiger partial charge in [-0.25, -0.2) is 13.2 Å². The topological polar surface area (TPSA) is 155 Å². The summed E-state index contributed by atoms with van der Waals surface area (Å²) in [7, 11) is -4.20. The van der Waals surface area contributed by atoms with E-state index < -0.39 is 37.6 Å². The molecule has 11 heteroatoms. The van der Waals surface area contributed by atoms with E-state index in [-0.39, 0.29) is 4.90 Å². The molecule has 0 aliphatic carbocycles. The molecule has 2 rings (SSSR count). The fourth-order valence-electron chi connectivity index (χ4n) is 1.45. The van der Waals surface area contributed by atoms with Crippen molar-refractivity contribution in [1.82, 2.24) is 9.97 Å². The summed E-state index contributed by atoms with van der Waals surface area (Å²) < 4.78 is 26.0. The van der Waals surface area contributed by atoms with Gasteiger partial charge in [0.15, 0.2) is 0 Å². The first kappa shape index (κ1) is 14.5. The maximum absolute atomic E-state index is 12.0. The standard InChI is InChI=1S/C10H8N4O6S/c15-9-8(5-11-10(16)12-9)13-21(19,20)7-3-1-2-6(4-7)14(17)18/h1-5,13H,(H2,11,12,15,16). The van der Waals surface area contributed by atoms with Crippen LogP contribution in [0.1, 0.15) is 0 Å². The maximum atomic E-state index is 12.0. The highest BCUT2D eigenvalue weighted by Gasteiger charge is 2.19. The molecule has 0 saturated heterocycles. The third-order valence-corrected chi connectivity index (χ3v) is 3.77. The maximum Gasteiger partial charge on any atom is 0.325 e. The zero-order chi connectivity index (χ0) is 15.6. The lowest BCUT2D eigenvalue weighted by atomic mass is 10.3. The van der Waals surface area contributed by atoms with Gasteiger partial charge in [0.05, 0.1) is 9.82 Å². The predicted octanol–water partition coefficient (Wildman–Crippen LogP) is -0.228. The van der Waals surface area contributed by atoms with Crippen LogP contribution in [0.4, 0.5) is 11.4 Å². The summed E-state index contributed by atoms with van der Waals surface area (Å²) in [6.07, 6.45) is 0.885. The van der Waals surface area contributed by atoms with E-state index in [0.717, 1.165) is 24.4 Å². The Morgan fingerprint density at radius 1 is 1.24 bits per heavy atom. The summed E-state index contributed by atoms with van der Waals surface area (Å²) in [5.74, 6) is 0. The smallest absolute Gasteiger partial charge is 0.312 e. The number of H-pyrrole nitrogens is 2. The van der Waals surface area contributed by atoms with Gasteiger partial charge in [0.25, 0.3) is 21.3 Å². The van der Waals surface area contributed by atoms with Crippen molar-refractivity contribution >= 4 is 21.4 Å². The Morgan fingerprint density at radius 2 is 1.95 bits per heavy atom. The monoisotopic (exact) mass is 312 g/mol. The number of anilines is 1. The van der Waals surface area contributed by atoms with Gasteiger partial charge in [-0.1, -0.05) is 6.07 Å². The van der Waals surface area contributed by atoms with Gasteiger partial charge in [0.1, 0.15) is 5.69 Å². The molecule has 0 amide bonds. The summed E-state index contributed by atoms with van der Waals surface area (Å²) in [5.41, 5.74) is -2.56. The SMILES string of the molecule is O=c1[nH]cc(NS(=O)(=O)c2cccc([N+](=O)[O-])c2)c(=O)[nH]1. The van der Waals surface area contributed by atoms with E-state index in [2.05, 4.69) is 4.98 Å². The summed E-state index contributed by atoms with van der Waals surface area (Å²) in [4.78, 5) is 35.7. The molecule has 0 aliphatic heterocycles. The van der Waals surface area contributed by atoms with Crippen molar-refractivity contribution in [2.75, 3.05) is 4.72 Å². The minimum Gasteiger partial charge on any atom is -0.312 e. The van der Waals surface area contributed by atoms with Crippen LogP contribution in [0.25, 0.3) is 0 Å². The summed E-state index contributed by atoms with van der Waals surface area (Å²) in [6.45, 7) is 0. The molecule has 0 saturated carbocycles. The van der Waals surface area contributed by atoms with E-state index in [1.54, 1.807) is 0 Å². The molecular formula is C10H8N4O6S. The molecule has 0 atom stereocenters. The minimum absolute atomic E-state index is 0.387. The first-order valence-electron chi connectivity index (χ1n) is 5.39. The number of aromatic amines is 2. The minimum atomic E-state index is -4.20. The van der Waals surface area contributed by atoms with Crippen LogP contribution in [0.2, 0.25) is 0 Å². The molecule has 0 bridgehead atoms. The zero-order valence-electron chi connectivity index (χ0n) is 10.2. The predicted molar refractivity (Wildman–Crippen MR) is 71.6 cm³/mol. The average Bonchev–Trinajstić information content (AvgIpc) is 2.42. The number of nitro benzene ring substituents is 1. The zero-order valence-corrected chi connectivity index (χ0v) is 11.0. The van der Waals surface area contributed by atoms with Crippen LogP contribution in [0.15, 0.2) is 44.9 Å². The van der Waals surface area contributed by atoms with Crippen molar-refractivity contribution in [2.45, 2.75) is 4.90 Å². The molecule has 1 heterocycles. The first-order valence-corrected chi connectivity index (χ1v) is 6.87. The van der Waals surface area contributed by atoms with E-state index in [1.807, 2.05) is 9.71 Å². The van der Waals surface area contributed by atoms with E-state index in [4.69, 9.17) is 0 Å². The number of nitrogens with zero attached hydrogens (tertiary/aromatic N) is 1. The molecule has 0 radical (unpaired) electrons. The normalized spacial score (nSPS) is 11.0. The average molecular weight is 312 g/mol. The number of nitrogens with one attached hydrogen (secondary N) is 3. The highest BCUT2D eigenvalue weighted by molar-refractivity contribution is 7.92. The van der Waals surface area contributed by atoms with Crippen LogP contribution in [0.3, 0.4) is 0 Å². The van der Waals surface area contributed by atoms with E-state index >= 15 is 0 Å². The van der Waals surface area contributed by atoms with Crippen LogP contribution >= 0.6 is 0 Å². The lowest BCUT2D eigenvalue weighted by molar-refractivity contribution is -0.385. The van der Waals surface area contributed by atoms with Gasteiger partial charge >= 0.3 is 5.69 Å².